The van der Waals surface area contributed by atoms with E-state index >= 15 is 0 Å². The fourth-order valence-corrected chi connectivity index (χ4v) is 2.22. The molecule has 0 radical (unpaired) electrons. The predicted molar refractivity (Wildman–Crippen MR) is 101 cm³/mol. The number of aliphatic hydroxyl groups excluding tert-OH is 1. The van der Waals surface area contributed by atoms with Crippen molar-refractivity contribution < 1.29 is 24.2 Å². The van der Waals surface area contributed by atoms with E-state index in [1.54, 1.807) is 17.9 Å². The summed E-state index contributed by atoms with van der Waals surface area (Å²) in [5.74, 6) is 0.268. The minimum atomic E-state index is -0.332. The molecule has 0 spiro atoms. The van der Waals surface area contributed by atoms with Crippen LogP contribution in [-0.4, -0.2) is 54.8 Å². The minimum Gasteiger partial charge on any atom is -0.494 e. The number of esters is 1. The molecule has 1 N–H and O–H groups in total. The van der Waals surface area contributed by atoms with Gasteiger partial charge >= 0.3 is 5.97 Å². The lowest BCUT2D eigenvalue weighted by Gasteiger charge is -2.20. The highest BCUT2D eigenvalue weighted by Gasteiger charge is 2.13. The molecule has 0 aliphatic rings. The molecule has 0 saturated heterocycles. The lowest BCUT2D eigenvalue weighted by Crippen LogP contribution is -2.33. The van der Waals surface area contributed by atoms with Gasteiger partial charge in [-0.3, -0.25) is 9.59 Å². The molecule has 0 bridgehead atoms. The molecule has 0 aromatic heterocycles. The molecule has 0 aliphatic carbocycles. The highest BCUT2D eigenvalue weighted by Crippen LogP contribution is 2.13. The number of rotatable bonds is 12. The maximum atomic E-state index is 12.4. The Bertz CT molecular complexity index is 568. The number of amides is 1. The van der Waals surface area contributed by atoms with Gasteiger partial charge in [-0.05, 0) is 43.5 Å². The van der Waals surface area contributed by atoms with E-state index in [9.17, 15) is 9.59 Å². The summed E-state index contributed by atoms with van der Waals surface area (Å²) in [6.45, 7) is 5.44. The lowest BCUT2D eigenvalue weighted by atomic mass is 10.2. The second-order valence-corrected chi connectivity index (χ2v) is 5.71. The molecule has 6 nitrogen and oxygen atoms in total. The number of hydrogen-bond donors (Lipinski definition) is 1. The third-order valence-corrected chi connectivity index (χ3v) is 3.56. The highest BCUT2D eigenvalue weighted by atomic mass is 16.5. The third kappa shape index (κ3) is 8.67. The molecular weight excluding hydrogens is 334 g/mol. The Morgan fingerprint density at radius 2 is 1.88 bits per heavy atom. The van der Waals surface area contributed by atoms with Crippen LogP contribution in [0.15, 0.2) is 30.3 Å². The van der Waals surface area contributed by atoms with Crippen LogP contribution < -0.4 is 4.74 Å². The zero-order valence-corrected chi connectivity index (χ0v) is 15.6. The maximum Gasteiger partial charge on any atom is 0.307 e. The molecule has 6 heteroatoms. The van der Waals surface area contributed by atoms with Crippen LogP contribution in [0.2, 0.25) is 0 Å². The molecule has 1 rings (SSSR count). The van der Waals surface area contributed by atoms with Crippen LogP contribution in [0.4, 0.5) is 0 Å². The number of carbonyl (C=O) groups excluding carboxylic acids is 2. The molecule has 0 heterocycles. The summed E-state index contributed by atoms with van der Waals surface area (Å²) in [6, 6.07) is 7.49. The average Bonchev–Trinajstić information content (AvgIpc) is 2.65. The standard InChI is InChI=1S/C20H29NO5/c1-3-16-26-18-9-6-17(7-10-18)8-11-19(23)21(13-5-15-22)14-12-20(24)25-4-2/h6-11,22H,3-5,12-16H2,1-2H3/b11-8+. The van der Waals surface area contributed by atoms with Gasteiger partial charge in [0.25, 0.3) is 0 Å². The van der Waals surface area contributed by atoms with Gasteiger partial charge in [0.05, 0.1) is 19.6 Å². The Morgan fingerprint density at radius 1 is 1.15 bits per heavy atom. The number of nitrogens with zero attached hydrogens (tertiary/aromatic N) is 1. The Morgan fingerprint density at radius 3 is 2.50 bits per heavy atom. The van der Waals surface area contributed by atoms with Crippen LogP contribution in [0.3, 0.4) is 0 Å². The third-order valence-electron chi connectivity index (χ3n) is 3.56. The monoisotopic (exact) mass is 363 g/mol. The van der Waals surface area contributed by atoms with Gasteiger partial charge in [-0.15, -0.1) is 0 Å². The quantitative estimate of drug-likeness (QED) is 0.456. The molecule has 144 valence electrons. The molecule has 0 aliphatic heterocycles. The summed E-state index contributed by atoms with van der Waals surface area (Å²) in [5.41, 5.74) is 0.884. The molecule has 0 unspecified atom stereocenters. The van der Waals surface area contributed by atoms with Crippen LogP contribution in [0.1, 0.15) is 38.7 Å². The number of carbonyl (C=O) groups is 2. The van der Waals surface area contributed by atoms with E-state index in [0.717, 1.165) is 17.7 Å². The fraction of sp³-hybridized carbons (Fsp3) is 0.500. The van der Waals surface area contributed by atoms with E-state index in [0.29, 0.717) is 26.2 Å². The number of benzene rings is 1. The van der Waals surface area contributed by atoms with Gasteiger partial charge in [-0.2, -0.15) is 0 Å². The van der Waals surface area contributed by atoms with Crippen LogP contribution >= 0.6 is 0 Å². The zero-order valence-electron chi connectivity index (χ0n) is 15.6. The van der Waals surface area contributed by atoms with Crippen molar-refractivity contribution in [3.8, 4) is 5.75 Å². The Labute approximate surface area is 155 Å². The van der Waals surface area contributed by atoms with Gasteiger partial charge in [-0.25, -0.2) is 0 Å². The summed E-state index contributed by atoms with van der Waals surface area (Å²) in [7, 11) is 0. The van der Waals surface area contributed by atoms with Gasteiger partial charge in [0.15, 0.2) is 0 Å². The SMILES string of the molecule is CCCOc1ccc(/C=C/C(=O)N(CCCO)CCC(=O)OCC)cc1. The Balaban J connectivity index is 2.62. The van der Waals surface area contributed by atoms with E-state index < -0.39 is 0 Å². The van der Waals surface area contributed by atoms with Crippen LogP contribution in [-0.2, 0) is 14.3 Å². The summed E-state index contributed by atoms with van der Waals surface area (Å²) >= 11 is 0. The molecule has 1 aromatic carbocycles. The smallest absolute Gasteiger partial charge is 0.307 e. The van der Waals surface area contributed by atoms with Gasteiger partial charge in [0.1, 0.15) is 5.75 Å². The first-order valence-corrected chi connectivity index (χ1v) is 9.07. The molecule has 0 atom stereocenters. The van der Waals surface area contributed by atoms with Gasteiger partial charge in [-0.1, -0.05) is 19.1 Å². The molecule has 0 saturated carbocycles. The van der Waals surface area contributed by atoms with Crippen molar-refractivity contribution in [3.05, 3.63) is 35.9 Å². The fourth-order valence-electron chi connectivity index (χ4n) is 2.22. The molecule has 26 heavy (non-hydrogen) atoms. The highest BCUT2D eigenvalue weighted by molar-refractivity contribution is 5.92. The second-order valence-electron chi connectivity index (χ2n) is 5.71. The Kier molecular flexibility index (Phi) is 10.8. The first kappa shape index (κ1) is 21.7. The Hall–Kier alpha value is -2.34. The topological polar surface area (TPSA) is 76.1 Å². The first-order chi connectivity index (χ1) is 12.6. The van der Waals surface area contributed by atoms with Crippen molar-refractivity contribution in [2.45, 2.75) is 33.1 Å². The molecular formula is C20H29NO5. The first-order valence-electron chi connectivity index (χ1n) is 9.07. The van der Waals surface area contributed by atoms with Crippen molar-refractivity contribution >= 4 is 18.0 Å². The van der Waals surface area contributed by atoms with E-state index in [-0.39, 0.29) is 31.4 Å². The van der Waals surface area contributed by atoms with Crippen LogP contribution in [0.25, 0.3) is 6.08 Å². The van der Waals surface area contributed by atoms with E-state index in [2.05, 4.69) is 0 Å². The minimum absolute atomic E-state index is 0.00781. The van der Waals surface area contributed by atoms with E-state index in [1.807, 2.05) is 31.2 Å². The second kappa shape index (κ2) is 12.9. The van der Waals surface area contributed by atoms with Crippen molar-refractivity contribution in [3.63, 3.8) is 0 Å². The molecule has 1 amide bonds. The van der Waals surface area contributed by atoms with E-state index in [4.69, 9.17) is 14.6 Å². The number of aliphatic hydroxyl groups is 1. The average molecular weight is 363 g/mol. The van der Waals surface area contributed by atoms with E-state index in [1.165, 1.54) is 6.08 Å². The summed E-state index contributed by atoms with van der Waals surface area (Å²) < 4.78 is 10.4. The van der Waals surface area contributed by atoms with Crippen LogP contribution in [0, 0.1) is 0 Å². The summed E-state index contributed by atoms with van der Waals surface area (Å²) in [6.07, 6.45) is 4.76. The van der Waals surface area contributed by atoms with Crippen molar-refractivity contribution in [2.24, 2.45) is 0 Å². The van der Waals surface area contributed by atoms with Crippen molar-refractivity contribution in [2.75, 3.05) is 32.9 Å². The molecule has 0 fully saturated rings. The molecule has 1 aromatic rings. The largest absolute Gasteiger partial charge is 0.494 e. The van der Waals surface area contributed by atoms with Crippen molar-refractivity contribution in [1.82, 2.24) is 4.90 Å². The predicted octanol–water partition coefficient (Wildman–Crippen LogP) is 2.65. The number of ether oxygens (including phenoxy) is 2. The summed E-state index contributed by atoms with van der Waals surface area (Å²) in [5, 5.41) is 8.99. The maximum absolute atomic E-state index is 12.4. The number of hydrogen-bond acceptors (Lipinski definition) is 5. The van der Waals surface area contributed by atoms with Gasteiger partial charge < -0.3 is 19.5 Å². The van der Waals surface area contributed by atoms with Crippen molar-refractivity contribution in [1.29, 1.82) is 0 Å². The summed E-state index contributed by atoms with van der Waals surface area (Å²) in [4.78, 5) is 25.4. The van der Waals surface area contributed by atoms with Gasteiger partial charge in [0.2, 0.25) is 5.91 Å². The normalized spacial score (nSPS) is 10.7. The van der Waals surface area contributed by atoms with Gasteiger partial charge in [0, 0.05) is 25.8 Å². The lowest BCUT2D eigenvalue weighted by molar-refractivity contribution is -0.143. The van der Waals surface area contributed by atoms with Crippen LogP contribution in [0.5, 0.6) is 5.75 Å². The zero-order chi connectivity index (χ0) is 19.2.